The van der Waals surface area contributed by atoms with Gasteiger partial charge in [0.25, 0.3) is 5.91 Å². The smallest absolute Gasteiger partial charge is 0.261 e. The minimum absolute atomic E-state index is 0.0220. The first-order valence-electron chi connectivity index (χ1n) is 14.2. The number of methoxy groups -OCH3 is 2. The highest BCUT2D eigenvalue weighted by Gasteiger charge is 2.50. The fourth-order valence-electron chi connectivity index (χ4n) is 6.93. The molecule has 0 spiro atoms. The van der Waals surface area contributed by atoms with Crippen molar-refractivity contribution in [3.63, 3.8) is 0 Å². The standard InChI is InChI=1S/C33H37Cl2N3O4/c1-22(37-17-14-32(15-18-37,31(36)40)23-8-5-4-6-9-23)33(24-12-13-25(34)26(35)20-24)16-19-38(21-33)30(39)29-27(41-2)10-7-11-28(29)42-3/h4-13,20,22H,14-19,21H2,1-3H3,(H2,36,40). The Morgan fingerprint density at radius 1 is 0.833 bits per heavy atom. The third-order valence-corrected chi connectivity index (χ3v) is 10.3. The molecular weight excluding hydrogens is 573 g/mol. The number of carbonyl (C=O) groups excluding carboxylic acids is 2. The lowest BCUT2D eigenvalue weighted by Gasteiger charge is -2.48. The zero-order chi connectivity index (χ0) is 30.1. The fourth-order valence-corrected chi connectivity index (χ4v) is 7.23. The van der Waals surface area contributed by atoms with Crippen LogP contribution in [0.5, 0.6) is 11.5 Å². The molecule has 2 fully saturated rings. The maximum absolute atomic E-state index is 14.0. The first-order valence-corrected chi connectivity index (χ1v) is 15.0. The molecule has 7 nitrogen and oxygen atoms in total. The van der Waals surface area contributed by atoms with Crippen molar-refractivity contribution >= 4 is 35.0 Å². The third-order valence-electron chi connectivity index (χ3n) is 9.52. The number of amides is 2. The Morgan fingerprint density at radius 2 is 1.48 bits per heavy atom. The number of halogens is 2. The molecule has 3 aromatic rings. The second kappa shape index (κ2) is 12.2. The SMILES string of the molecule is COc1cccc(OC)c1C(=O)N1CCC(c2ccc(Cl)c(Cl)c2)(C(C)N2CCC(C(N)=O)(c3ccccc3)CC2)C1. The average molecular weight is 611 g/mol. The van der Waals surface area contributed by atoms with Gasteiger partial charge in [-0.25, -0.2) is 0 Å². The van der Waals surface area contributed by atoms with Crippen molar-refractivity contribution in [2.45, 2.75) is 43.1 Å². The number of piperidine rings is 1. The Bertz CT molecular complexity index is 1440. The molecule has 0 saturated carbocycles. The van der Waals surface area contributed by atoms with Crippen molar-refractivity contribution < 1.29 is 19.1 Å². The summed E-state index contributed by atoms with van der Waals surface area (Å²) in [6.45, 7) is 4.61. The van der Waals surface area contributed by atoms with Gasteiger partial charge in [-0.1, -0.05) is 65.7 Å². The third kappa shape index (κ3) is 5.23. The second-order valence-electron chi connectivity index (χ2n) is 11.3. The molecule has 0 bridgehead atoms. The van der Waals surface area contributed by atoms with Crippen molar-refractivity contribution in [3.05, 3.63) is 93.5 Å². The molecule has 2 aliphatic rings. The number of ether oxygens (including phenoxy) is 2. The summed E-state index contributed by atoms with van der Waals surface area (Å²) >= 11 is 12.9. The average Bonchev–Trinajstić information content (AvgIpc) is 3.48. The molecule has 2 aliphatic heterocycles. The van der Waals surface area contributed by atoms with E-state index in [0.717, 1.165) is 17.5 Å². The summed E-state index contributed by atoms with van der Waals surface area (Å²) in [5.41, 5.74) is 7.30. The van der Waals surface area contributed by atoms with E-state index < -0.39 is 10.8 Å². The Balaban J connectivity index is 1.47. The fraction of sp³-hybridized carbons (Fsp3) is 0.394. The Hall–Kier alpha value is -3.26. The predicted octanol–water partition coefficient (Wildman–Crippen LogP) is 5.70. The number of primary amides is 1. The number of hydrogen-bond acceptors (Lipinski definition) is 5. The minimum atomic E-state index is -0.702. The number of rotatable bonds is 8. The molecule has 2 heterocycles. The van der Waals surface area contributed by atoms with Gasteiger partial charge >= 0.3 is 0 Å². The Kier molecular flexibility index (Phi) is 8.74. The van der Waals surface area contributed by atoms with Crippen LogP contribution in [-0.2, 0) is 15.6 Å². The van der Waals surface area contributed by atoms with Gasteiger partial charge in [0, 0.05) is 24.5 Å². The molecule has 2 saturated heterocycles. The summed E-state index contributed by atoms with van der Waals surface area (Å²) in [5.74, 6) is 0.510. The van der Waals surface area contributed by atoms with E-state index in [1.807, 2.05) is 53.4 Å². The number of nitrogens with two attached hydrogens (primary N) is 1. The van der Waals surface area contributed by atoms with E-state index in [1.54, 1.807) is 32.4 Å². The molecule has 42 heavy (non-hydrogen) atoms. The largest absolute Gasteiger partial charge is 0.496 e. The molecule has 2 unspecified atom stereocenters. The first-order chi connectivity index (χ1) is 20.2. The maximum atomic E-state index is 14.0. The zero-order valence-corrected chi connectivity index (χ0v) is 25.8. The highest BCUT2D eigenvalue weighted by Crippen LogP contribution is 2.45. The molecule has 2 N–H and O–H groups in total. The monoisotopic (exact) mass is 609 g/mol. The number of likely N-dealkylation sites (tertiary alicyclic amines) is 2. The van der Waals surface area contributed by atoms with E-state index in [0.29, 0.717) is 66.1 Å². The minimum Gasteiger partial charge on any atom is -0.496 e. The molecule has 5 rings (SSSR count). The van der Waals surface area contributed by atoms with E-state index in [9.17, 15) is 9.59 Å². The predicted molar refractivity (Wildman–Crippen MR) is 166 cm³/mol. The van der Waals surface area contributed by atoms with Crippen LogP contribution in [0.2, 0.25) is 10.0 Å². The molecule has 0 aromatic heterocycles. The van der Waals surface area contributed by atoms with Gasteiger partial charge in [-0.3, -0.25) is 14.5 Å². The molecule has 222 valence electrons. The Morgan fingerprint density at radius 3 is 2.05 bits per heavy atom. The van der Waals surface area contributed by atoms with E-state index in [1.165, 1.54) is 0 Å². The molecular formula is C33H37Cl2N3O4. The van der Waals surface area contributed by atoms with Gasteiger partial charge in [-0.05, 0) is 74.7 Å². The second-order valence-corrected chi connectivity index (χ2v) is 12.1. The van der Waals surface area contributed by atoms with Crippen LogP contribution in [0.4, 0.5) is 0 Å². The van der Waals surface area contributed by atoms with Crippen LogP contribution in [0.15, 0.2) is 66.7 Å². The van der Waals surface area contributed by atoms with Gasteiger partial charge in [0.1, 0.15) is 17.1 Å². The lowest BCUT2D eigenvalue weighted by atomic mass is 9.69. The van der Waals surface area contributed by atoms with Gasteiger partial charge in [-0.15, -0.1) is 0 Å². The van der Waals surface area contributed by atoms with Gasteiger partial charge in [0.15, 0.2) is 0 Å². The summed E-state index contributed by atoms with van der Waals surface area (Å²) < 4.78 is 11.1. The highest BCUT2D eigenvalue weighted by molar-refractivity contribution is 6.42. The number of nitrogens with zero attached hydrogens (tertiary/aromatic N) is 2. The number of hydrogen-bond donors (Lipinski definition) is 1. The summed E-state index contributed by atoms with van der Waals surface area (Å²) in [4.78, 5) is 31.1. The number of benzene rings is 3. The van der Waals surface area contributed by atoms with E-state index >= 15 is 0 Å². The maximum Gasteiger partial charge on any atom is 0.261 e. The zero-order valence-electron chi connectivity index (χ0n) is 24.2. The molecule has 9 heteroatoms. The van der Waals surface area contributed by atoms with Crippen LogP contribution in [0.3, 0.4) is 0 Å². The van der Waals surface area contributed by atoms with Gasteiger partial charge in [0.2, 0.25) is 5.91 Å². The van der Waals surface area contributed by atoms with Crippen LogP contribution in [0.1, 0.15) is 47.7 Å². The van der Waals surface area contributed by atoms with Gasteiger partial charge < -0.3 is 20.1 Å². The summed E-state index contributed by atoms with van der Waals surface area (Å²) in [6.07, 6.45) is 1.97. The van der Waals surface area contributed by atoms with Crippen LogP contribution in [0, 0.1) is 0 Å². The molecule has 0 aliphatic carbocycles. The van der Waals surface area contributed by atoms with Crippen molar-refractivity contribution in [1.82, 2.24) is 9.80 Å². The first kappa shape index (κ1) is 30.2. The topological polar surface area (TPSA) is 85.1 Å². The quantitative estimate of drug-likeness (QED) is 0.354. The highest BCUT2D eigenvalue weighted by atomic mass is 35.5. The lowest BCUT2D eigenvalue weighted by molar-refractivity contribution is -0.125. The van der Waals surface area contributed by atoms with E-state index in [4.69, 9.17) is 38.4 Å². The summed E-state index contributed by atoms with van der Waals surface area (Å²) in [6, 6.07) is 21.0. The molecule has 2 atom stereocenters. The van der Waals surface area contributed by atoms with Crippen LogP contribution >= 0.6 is 23.2 Å². The molecule has 3 aromatic carbocycles. The van der Waals surface area contributed by atoms with Crippen LogP contribution in [-0.4, -0.2) is 68.1 Å². The van der Waals surface area contributed by atoms with E-state index in [-0.39, 0.29) is 17.9 Å². The summed E-state index contributed by atoms with van der Waals surface area (Å²) in [7, 11) is 3.10. The van der Waals surface area contributed by atoms with Crippen molar-refractivity contribution in [2.24, 2.45) is 5.73 Å². The molecule has 2 amide bonds. The van der Waals surface area contributed by atoms with Crippen molar-refractivity contribution in [1.29, 1.82) is 0 Å². The van der Waals surface area contributed by atoms with Crippen molar-refractivity contribution in [3.8, 4) is 11.5 Å². The van der Waals surface area contributed by atoms with Gasteiger partial charge in [-0.2, -0.15) is 0 Å². The molecule has 0 radical (unpaired) electrons. The normalized spacial score (nSPS) is 21.1. The number of carbonyl (C=O) groups is 2. The van der Waals surface area contributed by atoms with Crippen molar-refractivity contribution in [2.75, 3.05) is 40.4 Å². The van der Waals surface area contributed by atoms with E-state index in [2.05, 4.69) is 11.8 Å². The lowest BCUT2D eigenvalue weighted by Crippen LogP contribution is -2.57. The summed E-state index contributed by atoms with van der Waals surface area (Å²) in [5, 5.41) is 0.965. The van der Waals surface area contributed by atoms with Crippen LogP contribution < -0.4 is 15.2 Å². The Labute approximate surface area is 257 Å². The van der Waals surface area contributed by atoms with Crippen LogP contribution in [0.25, 0.3) is 0 Å². The van der Waals surface area contributed by atoms with Gasteiger partial charge in [0.05, 0.1) is 29.7 Å².